The Labute approximate surface area is 374 Å². The molecular formula is C51H114N3O4P. The molecule has 0 aliphatic heterocycles. The Kier molecular flexibility index (Phi) is 52.8. The average Bonchev–Trinajstić information content (AvgIpc) is 3.16. The zero-order chi connectivity index (χ0) is 45.6. The van der Waals surface area contributed by atoms with Gasteiger partial charge in [0, 0.05) is 0 Å². The Balaban J connectivity index is -0.000000362. The topological polar surface area (TPSA) is 86.2 Å². The maximum Gasteiger partial charge on any atom is 0.0782 e. The summed E-state index contributed by atoms with van der Waals surface area (Å²) in [5.74, 6) is 0. The fourth-order valence-electron chi connectivity index (χ4n) is 7.73. The minimum Gasteiger partial charge on any atom is -0.822 e. The molecule has 0 aromatic carbocycles. The normalized spacial score (nSPS) is 12.0. The number of rotatable bonds is 39. The number of phosphoric acid groups is 1. The van der Waals surface area contributed by atoms with E-state index in [1.807, 2.05) is 0 Å². The molecule has 59 heavy (non-hydrogen) atoms. The van der Waals surface area contributed by atoms with Crippen molar-refractivity contribution in [1.82, 2.24) is 0 Å². The summed E-state index contributed by atoms with van der Waals surface area (Å²) in [6.45, 7) is 22.0. The minimum atomic E-state index is -5.39. The molecule has 0 aliphatic carbocycles. The fraction of sp³-hybridized carbons (Fsp3) is 1.00. The molecule has 0 saturated heterocycles. The Bertz CT molecular complexity index is 735. The van der Waals surface area contributed by atoms with Gasteiger partial charge >= 0.3 is 0 Å². The van der Waals surface area contributed by atoms with Crippen LogP contribution in [-0.4, -0.2) is 95.0 Å². The average molecular weight is 864 g/mol. The quantitative estimate of drug-likeness (QED) is 0.0350. The molecule has 0 amide bonds. The van der Waals surface area contributed by atoms with Gasteiger partial charge in [0.15, 0.2) is 0 Å². The predicted octanol–water partition coefficient (Wildman–Crippen LogP) is 13.4. The number of hydrogen-bond donors (Lipinski definition) is 0. The summed E-state index contributed by atoms with van der Waals surface area (Å²) in [6, 6.07) is 0. The van der Waals surface area contributed by atoms with Crippen molar-refractivity contribution in [2.24, 2.45) is 0 Å². The van der Waals surface area contributed by atoms with Gasteiger partial charge in [0.05, 0.1) is 81.6 Å². The van der Waals surface area contributed by atoms with Crippen LogP contribution in [0.25, 0.3) is 0 Å². The van der Waals surface area contributed by atoms with Gasteiger partial charge in [0.2, 0.25) is 0 Å². The van der Waals surface area contributed by atoms with Gasteiger partial charge in [-0.25, -0.2) is 0 Å². The molecule has 0 unspecified atom stereocenters. The van der Waals surface area contributed by atoms with E-state index in [0.29, 0.717) is 0 Å². The molecule has 362 valence electrons. The van der Waals surface area contributed by atoms with Crippen molar-refractivity contribution in [3.63, 3.8) is 0 Å². The van der Waals surface area contributed by atoms with Gasteiger partial charge in [0.1, 0.15) is 0 Å². The van der Waals surface area contributed by atoms with Crippen LogP contribution in [0, 0.1) is 0 Å². The summed E-state index contributed by atoms with van der Waals surface area (Å²) in [7, 11) is 9.05. The summed E-state index contributed by atoms with van der Waals surface area (Å²) in [5, 5.41) is 0. The van der Waals surface area contributed by atoms with Crippen LogP contribution in [0.2, 0.25) is 0 Å². The third kappa shape index (κ3) is 69.9. The predicted molar refractivity (Wildman–Crippen MR) is 260 cm³/mol. The van der Waals surface area contributed by atoms with Gasteiger partial charge in [-0.1, -0.05) is 176 Å². The van der Waals surface area contributed by atoms with Crippen LogP contribution in [0.4, 0.5) is 0 Å². The van der Waals surface area contributed by atoms with Crippen LogP contribution in [0.15, 0.2) is 0 Å². The second kappa shape index (κ2) is 47.5. The highest BCUT2D eigenvalue weighted by atomic mass is 31.2. The molecule has 7 nitrogen and oxygen atoms in total. The maximum atomic E-state index is 8.55. The first kappa shape index (κ1) is 65.6. The van der Waals surface area contributed by atoms with Crippen molar-refractivity contribution in [2.45, 2.75) is 253 Å². The highest BCUT2D eigenvalue weighted by molar-refractivity contribution is 7.40. The molecule has 0 aliphatic rings. The summed E-state index contributed by atoms with van der Waals surface area (Å²) >= 11 is 0. The number of hydrogen-bond acceptors (Lipinski definition) is 4. The molecule has 0 aromatic heterocycles. The van der Waals surface area contributed by atoms with Crippen LogP contribution in [-0.2, 0) is 4.57 Å². The van der Waals surface area contributed by atoms with Crippen LogP contribution in [0.3, 0.4) is 0 Å². The van der Waals surface area contributed by atoms with E-state index >= 15 is 0 Å². The zero-order valence-corrected chi connectivity index (χ0v) is 43.9. The lowest BCUT2D eigenvalue weighted by atomic mass is 10.1. The maximum absolute atomic E-state index is 8.55. The SMILES string of the molecule is CCCCCCCCC[N+](C)(C)CCCCCC.CCCCCCCCC[N+](C)(C)CCCCCC.CCCCCCCCC[N+](C)(C)CCCCCC.O=P([O-])([O-])[O-]. The third-order valence-corrected chi connectivity index (χ3v) is 12.0. The van der Waals surface area contributed by atoms with E-state index in [9.17, 15) is 0 Å². The van der Waals surface area contributed by atoms with Crippen molar-refractivity contribution in [3.8, 4) is 0 Å². The minimum absolute atomic E-state index is 1.23. The summed E-state index contributed by atoms with van der Waals surface area (Å²) in [6.07, 6.45) is 46.9. The van der Waals surface area contributed by atoms with E-state index in [1.54, 1.807) is 0 Å². The van der Waals surface area contributed by atoms with Crippen molar-refractivity contribution >= 4 is 7.82 Å². The van der Waals surface area contributed by atoms with Gasteiger partial charge in [-0.2, -0.15) is 7.82 Å². The molecule has 0 atom stereocenters. The smallest absolute Gasteiger partial charge is 0.0782 e. The Morgan fingerprint density at radius 2 is 0.356 bits per heavy atom. The highest BCUT2D eigenvalue weighted by Gasteiger charge is 2.15. The molecule has 0 radical (unpaired) electrons. The van der Waals surface area contributed by atoms with E-state index in [2.05, 4.69) is 83.8 Å². The van der Waals surface area contributed by atoms with E-state index < -0.39 is 7.82 Å². The molecule has 0 heterocycles. The first-order valence-corrected chi connectivity index (χ1v) is 27.5. The fourth-order valence-corrected chi connectivity index (χ4v) is 7.73. The lowest BCUT2D eigenvalue weighted by molar-refractivity contribution is -0.890. The van der Waals surface area contributed by atoms with Crippen molar-refractivity contribution < 1.29 is 32.7 Å². The molecule has 0 fully saturated rings. The van der Waals surface area contributed by atoms with E-state index in [-0.39, 0.29) is 0 Å². The van der Waals surface area contributed by atoms with Crippen LogP contribution >= 0.6 is 7.82 Å². The summed E-state index contributed by atoms with van der Waals surface area (Å²) in [5.41, 5.74) is 0. The van der Waals surface area contributed by atoms with Gasteiger partial charge in [0.25, 0.3) is 0 Å². The number of quaternary nitrogens is 3. The molecule has 8 heteroatoms. The summed E-state index contributed by atoms with van der Waals surface area (Å²) in [4.78, 5) is 25.6. The van der Waals surface area contributed by atoms with Crippen LogP contribution in [0.5, 0.6) is 0 Å². The largest absolute Gasteiger partial charge is 0.822 e. The van der Waals surface area contributed by atoms with Crippen molar-refractivity contribution in [1.29, 1.82) is 0 Å². The molecule has 0 N–H and O–H groups in total. The van der Waals surface area contributed by atoms with Gasteiger partial charge in [-0.05, 0) is 77.0 Å². The summed E-state index contributed by atoms with van der Waals surface area (Å²) < 4.78 is 12.3. The lowest BCUT2D eigenvalue weighted by Crippen LogP contribution is -2.41. The molecule has 0 saturated carbocycles. The first-order valence-electron chi connectivity index (χ1n) is 26.1. The Hall–Kier alpha value is -0.0100. The zero-order valence-electron chi connectivity index (χ0n) is 43.0. The molecule has 0 spiro atoms. The number of nitrogens with zero attached hydrogens (tertiary/aromatic N) is 3. The van der Waals surface area contributed by atoms with Gasteiger partial charge in [-0.3, -0.25) is 0 Å². The molecule has 0 aromatic rings. The van der Waals surface area contributed by atoms with Crippen molar-refractivity contribution in [2.75, 3.05) is 81.6 Å². The monoisotopic (exact) mass is 864 g/mol. The number of unbranched alkanes of at least 4 members (excludes halogenated alkanes) is 27. The van der Waals surface area contributed by atoms with Crippen LogP contribution in [0.1, 0.15) is 253 Å². The van der Waals surface area contributed by atoms with E-state index in [0.717, 1.165) is 0 Å². The Morgan fingerprint density at radius 3 is 0.492 bits per heavy atom. The van der Waals surface area contributed by atoms with Crippen LogP contribution < -0.4 is 14.7 Å². The Morgan fingerprint density at radius 1 is 0.254 bits per heavy atom. The van der Waals surface area contributed by atoms with E-state index in [4.69, 9.17) is 19.2 Å². The van der Waals surface area contributed by atoms with Crippen molar-refractivity contribution in [3.05, 3.63) is 0 Å². The third-order valence-electron chi connectivity index (χ3n) is 12.0. The second-order valence-electron chi connectivity index (χ2n) is 20.1. The van der Waals surface area contributed by atoms with Gasteiger partial charge in [-0.15, -0.1) is 0 Å². The molecule has 0 rings (SSSR count). The van der Waals surface area contributed by atoms with E-state index in [1.165, 1.54) is 265 Å². The standard InChI is InChI=1S/3C17H38N.H3O4P/c3*1-5-7-9-11-12-13-15-17-18(3,4)16-14-10-8-6-2;1-5(2,3)4/h3*5-17H2,1-4H3;(H3,1,2,3,4)/q3*+1;/p-3. The second-order valence-corrected chi connectivity index (χ2v) is 21.0. The highest BCUT2D eigenvalue weighted by Crippen LogP contribution is 2.14. The lowest BCUT2D eigenvalue weighted by Gasteiger charge is -2.36. The van der Waals surface area contributed by atoms with Gasteiger partial charge < -0.3 is 32.7 Å². The molecular weight excluding hydrogens is 750 g/mol. The first-order chi connectivity index (χ1) is 27.9. The molecule has 0 bridgehead atoms.